The fourth-order valence-electron chi connectivity index (χ4n) is 4.17. The van der Waals surface area contributed by atoms with Crippen LogP contribution in [0.15, 0.2) is 30.3 Å². The number of nitrogens with zero attached hydrogens (tertiary/aromatic N) is 5. The van der Waals surface area contributed by atoms with Crippen LogP contribution in [0.2, 0.25) is 0 Å². The molecule has 2 aliphatic heterocycles. The molecule has 0 atom stereocenters. The SMILES string of the molecule is COc1nc2ccccc2nc1C=Cc1nc(NC2CCOCC2)cc(N2CCCC2)n1. The molecule has 0 aliphatic carbocycles. The van der Waals surface area contributed by atoms with Crippen LogP contribution in [0.5, 0.6) is 5.88 Å². The Hall–Kier alpha value is -3.26. The number of hydrogen-bond donors (Lipinski definition) is 1. The Morgan fingerprint density at radius 3 is 2.50 bits per heavy atom. The summed E-state index contributed by atoms with van der Waals surface area (Å²) in [6, 6.07) is 10.2. The minimum Gasteiger partial charge on any atom is -0.479 e. The summed E-state index contributed by atoms with van der Waals surface area (Å²) < 4.78 is 11.0. The maximum absolute atomic E-state index is 5.49. The van der Waals surface area contributed by atoms with Crippen molar-refractivity contribution < 1.29 is 9.47 Å². The number of aromatic nitrogens is 4. The molecule has 0 spiro atoms. The summed E-state index contributed by atoms with van der Waals surface area (Å²) in [4.78, 5) is 21.2. The molecular formula is C24H28N6O2. The average Bonchev–Trinajstić information content (AvgIpc) is 3.38. The molecule has 1 N–H and O–H groups in total. The van der Waals surface area contributed by atoms with Gasteiger partial charge in [-0.05, 0) is 50.0 Å². The Labute approximate surface area is 187 Å². The molecular weight excluding hydrogens is 404 g/mol. The van der Waals surface area contributed by atoms with Gasteiger partial charge in [0, 0.05) is 38.4 Å². The van der Waals surface area contributed by atoms with Gasteiger partial charge in [0.1, 0.15) is 17.3 Å². The summed E-state index contributed by atoms with van der Waals surface area (Å²) in [6.45, 7) is 3.63. The highest BCUT2D eigenvalue weighted by Crippen LogP contribution is 2.24. The van der Waals surface area contributed by atoms with Crippen LogP contribution < -0.4 is 15.0 Å². The summed E-state index contributed by atoms with van der Waals surface area (Å²) >= 11 is 0. The van der Waals surface area contributed by atoms with E-state index in [1.54, 1.807) is 7.11 Å². The van der Waals surface area contributed by atoms with E-state index in [1.165, 1.54) is 12.8 Å². The standard InChI is InChI=1S/C24H28N6O2/c1-31-24-20(26-18-6-2-3-7-19(18)27-24)8-9-21-28-22(25-17-10-14-32-15-11-17)16-23(29-21)30-12-4-5-13-30/h2-3,6-9,16-17H,4-5,10-15H2,1H3,(H,25,28,29). The van der Waals surface area contributed by atoms with Crippen molar-refractivity contribution >= 4 is 34.8 Å². The maximum Gasteiger partial charge on any atom is 0.240 e. The van der Waals surface area contributed by atoms with E-state index in [0.717, 1.165) is 61.8 Å². The van der Waals surface area contributed by atoms with Crippen LogP contribution in [-0.4, -0.2) is 59.4 Å². The molecule has 0 amide bonds. The largest absolute Gasteiger partial charge is 0.479 e. The summed E-state index contributed by atoms with van der Waals surface area (Å²) in [7, 11) is 1.61. The van der Waals surface area contributed by atoms with Crippen LogP contribution in [0.25, 0.3) is 23.2 Å². The summed E-state index contributed by atoms with van der Waals surface area (Å²) in [5.41, 5.74) is 2.28. The van der Waals surface area contributed by atoms with E-state index in [0.29, 0.717) is 23.4 Å². The fraction of sp³-hybridized carbons (Fsp3) is 0.417. The van der Waals surface area contributed by atoms with Crippen molar-refractivity contribution in [1.82, 2.24) is 19.9 Å². The van der Waals surface area contributed by atoms with Gasteiger partial charge in [-0.3, -0.25) is 0 Å². The third-order valence-electron chi connectivity index (χ3n) is 5.88. The number of benzene rings is 1. The van der Waals surface area contributed by atoms with Gasteiger partial charge in [0.15, 0.2) is 5.82 Å². The minimum atomic E-state index is 0.369. The van der Waals surface area contributed by atoms with Gasteiger partial charge in [-0.25, -0.2) is 19.9 Å². The lowest BCUT2D eigenvalue weighted by molar-refractivity contribution is 0.0904. The summed E-state index contributed by atoms with van der Waals surface area (Å²) in [5, 5.41) is 3.59. The number of anilines is 2. The fourth-order valence-corrected chi connectivity index (χ4v) is 4.17. The van der Waals surface area contributed by atoms with Gasteiger partial charge in [-0.2, -0.15) is 0 Å². The van der Waals surface area contributed by atoms with Crippen molar-refractivity contribution in [3.8, 4) is 5.88 Å². The number of ether oxygens (including phenoxy) is 2. The molecule has 2 aromatic heterocycles. The first kappa shape index (κ1) is 20.6. The summed E-state index contributed by atoms with van der Waals surface area (Å²) in [5.74, 6) is 2.94. The Bertz CT molecular complexity index is 1110. The molecule has 2 saturated heterocycles. The zero-order valence-electron chi connectivity index (χ0n) is 18.3. The van der Waals surface area contributed by atoms with E-state index >= 15 is 0 Å². The third-order valence-corrected chi connectivity index (χ3v) is 5.88. The van der Waals surface area contributed by atoms with Crippen molar-refractivity contribution in [2.45, 2.75) is 31.7 Å². The summed E-state index contributed by atoms with van der Waals surface area (Å²) in [6.07, 6.45) is 8.12. The van der Waals surface area contributed by atoms with Crippen LogP contribution in [-0.2, 0) is 4.74 Å². The van der Waals surface area contributed by atoms with Crippen LogP contribution in [0.4, 0.5) is 11.6 Å². The zero-order chi connectivity index (χ0) is 21.8. The highest BCUT2D eigenvalue weighted by molar-refractivity contribution is 5.78. The first-order valence-corrected chi connectivity index (χ1v) is 11.3. The van der Waals surface area contributed by atoms with Crippen molar-refractivity contribution in [2.24, 2.45) is 0 Å². The van der Waals surface area contributed by atoms with Gasteiger partial charge in [0.05, 0.1) is 18.1 Å². The number of hydrogen-bond acceptors (Lipinski definition) is 8. The highest BCUT2D eigenvalue weighted by Gasteiger charge is 2.18. The first-order chi connectivity index (χ1) is 15.8. The predicted molar refractivity (Wildman–Crippen MR) is 126 cm³/mol. The molecule has 32 heavy (non-hydrogen) atoms. The molecule has 1 aromatic carbocycles. The molecule has 4 heterocycles. The first-order valence-electron chi connectivity index (χ1n) is 11.3. The van der Waals surface area contributed by atoms with E-state index in [1.807, 2.05) is 36.4 Å². The third kappa shape index (κ3) is 4.65. The zero-order valence-corrected chi connectivity index (χ0v) is 18.3. The second-order valence-electron chi connectivity index (χ2n) is 8.13. The molecule has 0 radical (unpaired) electrons. The normalized spacial score (nSPS) is 17.3. The lowest BCUT2D eigenvalue weighted by atomic mass is 10.1. The van der Waals surface area contributed by atoms with E-state index in [9.17, 15) is 0 Å². The van der Waals surface area contributed by atoms with E-state index in [2.05, 4.69) is 21.3 Å². The predicted octanol–water partition coefficient (Wildman–Crippen LogP) is 3.79. The number of rotatable bonds is 6. The van der Waals surface area contributed by atoms with Gasteiger partial charge < -0.3 is 19.7 Å². The number of fused-ring (bicyclic) bond motifs is 1. The van der Waals surface area contributed by atoms with E-state index in [4.69, 9.17) is 24.4 Å². The molecule has 0 saturated carbocycles. The topological polar surface area (TPSA) is 85.3 Å². The van der Waals surface area contributed by atoms with Crippen LogP contribution >= 0.6 is 0 Å². The lowest BCUT2D eigenvalue weighted by Gasteiger charge is -2.24. The second-order valence-corrected chi connectivity index (χ2v) is 8.13. The molecule has 0 unspecified atom stereocenters. The smallest absolute Gasteiger partial charge is 0.240 e. The second kappa shape index (κ2) is 9.48. The van der Waals surface area contributed by atoms with Crippen molar-refractivity contribution in [3.63, 3.8) is 0 Å². The van der Waals surface area contributed by atoms with Crippen LogP contribution in [0.3, 0.4) is 0 Å². The molecule has 3 aromatic rings. The molecule has 2 fully saturated rings. The molecule has 8 nitrogen and oxygen atoms in total. The average molecular weight is 433 g/mol. The number of para-hydroxylation sites is 2. The Balaban J connectivity index is 1.46. The minimum absolute atomic E-state index is 0.369. The number of nitrogens with one attached hydrogen (secondary N) is 1. The van der Waals surface area contributed by atoms with Crippen molar-refractivity contribution in [2.75, 3.05) is 43.6 Å². The number of methoxy groups -OCH3 is 1. The molecule has 0 bridgehead atoms. The Morgan fingerprint density at radius 1 is 1.00 bits per heavy atom. The van der Waals surface area contributed by atoms with Gasteiger partial charge >= 0.3 is 0 Å². The van der Waals surface area contributed by atoms with Gasteiger partial charge in [-0.1, -0.05) is 12.1 Å². The quantitative estimate of drug-likeness (QED) is 0.630. The highest BCUT2D eigenvalue weighted by atomic mass is 16.5. The van der Waals surface area contributed by atoms with E-state index in [-0.39, 0.29) is 0 Å². The molecule has 166 valence electrons. The monoisotopic (exact) mass is 432 g/mol. The van der Waals surface area contributed by atoms with Crippen molar-refractivity contribution in [1.29, 1.82) is 0 Å². The van der Waals surface area contributed by atoms with Crippen LogP contribution in [0, 0.1) is 0 Å². The Kier molecular flexibility index (Phi) is 6.11. The van der Waals surface area contributed by atoms with Gasteiger partial charge in [0.2, 0.25) is 5.88 Å². The molecule has 5 rings (SSSR count). The van der Waals surface area contributed by atoms with Crippen LogP contribution in [0.1, 0.15) is 37.2 Å². The molecule has 8 heteroatoms. The van der Waals surface area contributed by atoms with Gasteiger partial charge in [0.25, 0.3) is 0 Å². The Morgan fingerprint density at radius 2 is 1.75 bits per heavy atom. The van der Waals surface area contributed by atoms with Gasteiger partial charge in [-0.15, -0.1) is 0 Å². The lowest BCUT2D eigenvalue weighted by Crippen LogP contribution is -2.28. The molecule has 2 aliphatic rings. The van der Waals surface area contributed by atoms with E-state index < -0.39 is 0 Å². The maximum atomic E-state index is 5.49. The van der Waals surface area contributed by atoms with Crippen molar-refractivity contribution in [3.05, 3.63) is 41.9 Å².